The number of carbonyl (C=O) groups excluding carboxylic acids is 1. The lowest BCUT2D eigenvalue weighted by atomic mass is 9.99. The van der Waals surface area contributed by atoms with Crippen molar-refractivity contribution >= 4 is 11.7 Å². The zero-order valence-electron chi connectivity index (χ0n) is 12.1. The molecular weight excluding hydrogens is 250 g/mol. The molecule has 0 aliphatic heterocycles. The third-order valence-electron chi connectivity index (χ3n) is 3.24. The third-order valence-corrected chi connectivity index (χ3v) is 3.24. The molecule has 0 bridgehead atoms. The number of hydrogen-bond acceptors (Lipinski definition) is 3. The summed E-state index contributed by atoms with van der Waals surface area (Å²) in [6, 6.07) is 9.47. The Bertz CT molecular complexity index is 618. The van der Waals surface area contributed by atoms with Gasteiger partial charge in [-0.25, -0.2) is 4.98 Å². The van der Waals surface area contributed by atoms with Gasteiger partial charge in [0.1, 0.15) is 5.82 Å². The molecule has 0 aliphatic rings. The molecule has 0 unspecified atom stereocenters. The molecule has 104 valence electrons. The fraction of sp³-hybridized carbons (Fsp3) is 0.250. The highest BCUT2D eigenvalue weighted by Crippen LogP contribution is 2.25. The fourth-order valence-electron chi connectivity index (χ4n) is 2.12. The molecule has 1 aromatic heterocycles. The molecule has 20 heavy (non-hydrogen) atoms. The Hall–Kier alpha value is -2.36. The second-order valence-corrected chi connectivity index (χ2v) is 4.90. The Morgan fingerprint density at radius 3 is 2.45 bits per heavy atom. The van der Waals surface area contributed by atoms with Crippen molar-refractivity contribution in [3.05, 3.63) is 47.7 Å². The largest absolute Gasteiger partial charge is 0.384 e. The molecule has 4 nitrogen and oxygen atoms in total. The van der Waals surface area contributed by atoms with Crippen LogP contribution in [0.3, 0.4) is 0 Å². The van der Waals surface area contributed by atoms with E-state index in [1.807, 2.05) is 30.3 Å². The van der Waals surface area contributed by atoms with Crippen molar-refractivity contribution in [1.82, 2.24) is 9.88 Å². The Labute approximate surface area is 119 Å². The number of nitrogens with zero attached hydrogens (tertiary/aromatic N) is 2. The lowest BCUT2D eigenvalue weighted by molar-refractivity contribution is 0.0827. The molecular formula is C16H19N3O. The van der Waals surface area contributed by atoms with Gasteiger partial charge in [-0.05, 0) is 35.7 Å². The summed E-state index contributed by atoms with van der Waals surface area (Å²) in [7, 11) is 3.49. The van der Waals surface area contributed by atoms with Crippen LogP contribution in [0.5, 0.6) is 0 Å². The molecule has 0 fully saturated rings. The highest BCUT2D eigenvalue weighted by Gasteiger charge is 2.09. The number of aryl methyl sites for hydroxylation is 1. The van der Waals surface area contributed by atoms with E-state index in [9.17, 15) is 4.79 Å². The molecule has 0 spiro atoms. The van der Waals surface area contributed by atoms with Crippen LogP contribution in [0.15, 0.2) is 36.5 Å². The van der Waals surface area contributed by atoms with Gasteiger partial charge in [-0.1, -0.05) is 19.1 Å². The summed E-state index contributed by atoms with van der Waals surface area (Å²) in [4.78, 5) is 17.6. The monoisotopic (exact) mass is 269 g/mol. The minimum Gasteiger partial charge on any atom is -0.384 e. The van der Waals surface area contributed by atoms with E-state index in [0.717, 1.165) is 23.1 Å². The zero-order valence-corrected chi connectivity index (χ0v) is 12.1. The van der Waals surface area contributed by atoms with Crippen molar-refractivity contribution < 1.29 is 4.79 Å². The summed E-state index contributed by atoms with van der Waals surface area (Å²) in [5.74, 6) is 0.535. The fourth-order valence-corrected chi connectivity index (χ4v) is 2.12. The summed E-state index contributed by atoms with van der Waals surface area (Å²) in [5.41, 5.74) is 9.66. The maximum atomic E-state index is 11.9. The van der Waals surface area contributed by atoms with Gasteiger partial charge < -0.3 is 10.6 Å². The van der Waals surface area contributed by atoms with Crippen molar-refractivity contribution in [3.63, 3.8) is 0 Å². The van der Waals surface area contributed by atoms with E-state index in [0.29, 0.717) is 11.4 Å². The van der Waals surface area contributed by atoms with Crippen LogP contribution in [0.25, 0.3) is 11.1 Å². The Balaban J connectivity index is 2.38. The average molecular weight is 269 g/mol. The smallest absolute Gasteiger partial charge is 0.253 e. The van der Waals surface area contributed by atoms with E-state index in [1.54, 1.807) is 25.2 Å². The normalized spacial score (nSPS) is 10.3. The molecule has 0 saturated carbocycles. The Morgan fingerprint density at radius 2 is 1.90 bits per heavy atom. The topological polar surface area (TPSA) is 59.2 Å². The summed E-state index contributed by atoms with van der Waals surface area (Å²) in [6.07, 6.45) is 2.68. The lowest BCUT2D eigenvalue weighted by Crippen LogP contribution is -2.21. The Morgan fingerprint density at radius 1 is 1.25 bits per heavy atom. The number of benzene rings is 1. The van der Waals surface area contributed by atoms with Gasteiger partial charge in [0.2, 0.25) is 0 Å². The quantitative estimate of drug-likeness (QED) is 0.931. The number of amides is 1. The standard InChI is InChI=1S/C16H19N3O/c1-4-11-9-15(17)18-10-14(11)12-5-7-13(8-6-12)16(20)19(2)3/h5-10H,4H2,1-3H3,(H2,17,18). The predicted octanol–water partition coefficient (Wildman–Crippen LogP) is 2.60. The van der Waals surface area contributed by atoms with Crippen molar-refractivity contribution in [2.24, 2.45) is 0 Å². The number of nitrogens with two attached hydrogens (primary N) is 1. The summed E-state index contributed by atoms with van der Waals surface area (Å²) < 4.78 is 0. The molecule has 0 saturated heterocycles. The summed E-state index contributed by atoms with van der Waals surface area (Å²) >= 11 is 0. The van der Waals surface area contributed by atoms with Crippen LogP contribution in [0, 0.1) is 0 Å². The molecule has 1 amide bonds. The molecule has 2 aromatic rings. The van der Waals surface area contributed by atoms with Crippen molar-refractivity contribution in [1.29, 1.82) is 0 Å². The van der Waals surface area contributed by atoms with E-state index < -0.39 is 0 Å². The average Bonchev–Trinajstić information content (AvgIpc) is 2.46. The zero-order chi connectivity index (χ0) is 14.7. The van der Waals surface area contributed by atoms with Crippen LogP contribution < -0.4 is 5.73 Å². The Kier molecular flexibility index (Phi) is 4.03. The minimum atomic E-state index is 0.00250. The number of carbonyl (C=O) groups is 1. The van der Waals surface area contributed by atoms with Crippen LogP contribution in [-0.4, -0.2) is 29.9 Å². The van der Waals surface area contributed by atoms with E-state index in [2.05, 4.69) is 11.9 Å². The molecule has 0 aliphatic carbocycles. The van der Waals surface area contributed by atoms with E-state index in [1.165, 1.54) is 0 Å². The van der Waals surface area contributed by atoms with Crippen molar-refractivity contribution in [3.8, 4) is 11.1 Å². The first-order valence-corrected chi connectivity index (χ1v) is 6.59. The van der Waals surface area contributed by atoms with Gasteiger partial charge in [-0.15, -0.1) is 0 Å². The number of rotatable bonds is 3. The second kappa shape index (κ2) is 5.74. The summed E-state index contributed by atoms with van der Waals surface area (Å²) in [6.45, 7) is 2.09. The van der Waals surface area contributed by atoms with Crippen molar-refractivity contribution in [2.75, 3.05) is 19.8 Å². The molecule has 1 heterocycles. The SMILES string of the molecule is CCc1cc(N)ncc1-c1ccc(C(=O)N(C)C)cc1. The van der Waals surface area contributed by atoms with E-state index in [4.69, 9.17) is 5.73 Å². The predicted molar refractivity (Wildman–Crippen MR) is 81.5 cm³/mol. The van der Waals surface area contributed by atoms with Gasteiger partial charge >= 0.3 is 0 Å². The van der Waals surface area contributed by atoms with Gasteiger partial charge in [0, 0.05) is 31.4 Å². The number of hydrogen-bond donors (Lipinski definition) is 1. The first kappa shape index (κ1) is 14.1. The van der Waals surface area contributed by atoms with Gasteiger partial charge in [-0.2, -0.15) is 0 Å². The number of pyridine rings is 1. The van der Waals surface area contributed by atoms with Gasteiger partial charge in [0.05, 0.1) is 0 Å². The molecule has 0 atom stereocenters. The first-order chi connectivity index (χ1) is 9.52. The molecule has 0 radical (unpaired) electrons. The van der Waals surface area contributed by atoms with Crippen molar-refractivity contribution in [2.45, 2.75) is 13.3 Å². The van der Waals surface area contributed by atoms with Gasteiger partial charge in [-0.3, -0.25) is 4.79 Å². The highest BCUT2D eigenvalue weighted by atomic mass is 16.2. The highest BCUT2D eigenvalue weighted by molar-refractivity contribution is 5.94. The number of aromatic nitrogens is 1. The maximum Gasteiger partial charge on any atom is 0.253 e. The van der Waals surface area contributed by atoms with Gasteiger partial charge in [0.15, 0.2) is 0 Å². The number of anilines is 1. The van der Waals surface area contributed by atoms with Crippen LogP contribution >= 0.6 is 0 Å². The van der Waals surface area contributed by atoms with Crippen LogP contribution in [-0.2, 0) is 6.42 Å². The van der Waals surface area contributed by atoms with Gasteiger partial charge in [0.25, 0.3) is 5.91 Å². The third kappa shape index (κ3) is 2.79. The van der Waals surface area contributed by atoms with E-state index in [-0.39, 0.29) is 5.91 Å². The van der Waals surface area contributed by atoms with Crippen LogP contribution in [0.4, 0.5) is 5.82 Å². The molecule has 2 N–H and O–H groups in total. The molecule has 1 aromatic carbocycles. The summed E-state index contributed by atoms with van der Waals surface area (Å²) in [5, 5.41) is 0. The van der Waals surface area contributed by atoms with E-state index >= 15 is 0 Å². The van der Waals surface area contributed by atoms with Crippen LogP contribution in [0.2, 0.25) is 0 Å². The second-order valence-electron chi connectivity index (χ2n) is 4.90. The minimum absolute atomic E-state index is 0.00250. The lowest BCUT2D eigenvalue weighted by Gasteiger charge is -2.12. The molecule has 2 rings (SSSR count). The van der Waals surface area contributed by atoms with Crippen LogP contribution in [0.1, 0.15) is 22.8 Å². The first-order valence-electron chi connectivity index (χ1n) is 6.59. The molecule has 4 heteroatoms. The number of nitrogen functional groups attached to an aromatic ring is 1. The maximum absolute atomic E-state index is 11.9.